The molecule has 0 unspecified atom stereocenters. The van der Waals surface area contributed by atoms with Gasteiger partial charge in [-0.05, 0) is 37.0 Å². The largest absolute Gasteiger partial charge is 0.467 e. The monoisotopic (exact) mass is 450 g/mol. The highest BCUT2D eigenvalue weighted by Gasteiger charge is 2.46. The molecule has 8 heteroatoms. The van der Waals surface area contributed by atoms with Crippen molar-refractivity contribution in [2.45, 2.75) is 45.8 Å². The third kappa shape index (κ3) is 4.51. The van der Waals surface area contributed by atoms with E-state index in [9.17, 15) is 14.4 Å². The van der Waals surface area contributed by atoms with Crippen LogP contribution >= 0.6 is 0 Å². The van der Waals surface area contributed by atoms with Gasteiger partial charge in [0.2, 0.25) is 5.91 Å². The summed E-state index contributed by atoms with van der Waals surface area (Å²) in [4.78, 5) is 42.7. The van der Waals surface area contributed by atoms with E-state index < -0.39 is 12.1 Å². The summed E-state index contributed by atoms with van der Waals surface area (Å²) < 4.78 is 5.31. The molecule has 2 N–H and O–H groups in total. The molecule has 4 rings (SSSR count). The van der Waals surface area contributed by atoms with Crippen molar-refractivity contribution in [3.05, 3.63) is 70.8 Å². The lowest BCUT2D eigenvalue weighted by molar-refractivity contribution is -0.137. The van der Waals surface area contributed by atoms with Crippen molar-refractivity contribution >= 4 is 17.8 Å². The summed E-state index contributed by atoms with van der Waals surface area (Å²) in [6.07, 6.45) is 2.07. The standard InChI is InChI=1S/C25H30N4O4/c1-15(2)11-19(23(30)26-13-18-9-6-10-33-18)29-14-20-21(24(29)31)22(27-25(32)28(20)4)17-8-5-7-16(3)12-17/h5-10,12,15,19,22H,11,13-14H2,1-4H3,(H,26,30)(H,27,32)/t19-,22-/m1/s1. The lowest BCUT2D eigenvalue weighted by atomic mass is 9.94. The van der Waals surface area contributed by atoms with Gasteiger partial charge < -0.3 is 20.0 Å². The van der Waals surface area contributed by atoms with E-state index in [1.165, 1.54) is 4.90 Å². The van der Waals surface area contributed by atoms with Crippen molar-refractivity contribution < 1.29 is 18.8 Å². The summed E-state index contributed by atoms with van der Waals surface area (Å²) in [7, 11) is 1.66. The van der Waals surface area contributed by atoms with Crippen molar-refractivity contribution in [2.75, 3.05) is 13.6 Å². The van der Waals surface area contributed by atoms with Crippen LogP contribution in [0.25, 0.3) is 0 Å². The zero-order valence-corrected chi connectivity index (χ0v) is 19.4. The molecule has 0 spiro atoms. The van der Waals surface area contributed by atoms with Crippen molar-refractivity contribution in [1.29, 1.82) is 0 Å². The van der Waals surface area contributed by atoms with Gasteiger partial charge in [-0.3, -0.25) is 14.5 Å². The van der Waals surface area contributed by atoms with Gasteiger partial charge >= 0.3 is 6.03 Å². The molecule has 0 fully saturated rings. The Balaban J connectivity index is 1.62. The molecule has 0 bridgehead atoms. The maximum absolute atomic E-state index is 13.7. The minimum atomic E-state index is -0.653. The molecular formula is C25H30N4O4. The highest BCUT2D eigenvalue weighted by molar-refractivity contribution is 6.03. The smallest absolute Gasteiger partial charge is 0.322 e. The summed E-state index contributed by atoms with van der Waals surface area (Å²) in [5.74, 6) is 0.384. The first-order chi connectivity index (χ1) is 15.8. The van der Waals surface area contributed by atoms with E-state index in [2.05, 4.69) is 10.6 Å². The zero-order chi connectivity index (χ0) is 23.7. The predicted molar refractivity (Wildman–Crippen MR) is 123 cm³/mol. The number of hydrogen-bond acceptors (Lipinski definition) is 4. The van der Waals surface area contributed by atoms with E-state index in [0.717, 1.165) is 11.1 Å². The fourth-order valence-corrected chi connectivity index (χ4v) is 4.47. The predicted octanol–water partition coefficient (Wildman–Crippen LogP) is 3.11. The Morgan fingerprint density at radius 1 is 1.24 bits per heavy atom. The number of nitrogens with one attached hydrogen (secondary N) is 2. The third-order valence-corrected chi connectivity index (χ3v) is 6.15. The van der Waals surface area contributed by atoms with Gasteiger partial charge in [0.1, 0.15) is 11.8 Å². The van der Waals surface area contributed by atoms with E-state index >= 15 is 0 Å². The van der Waals surface area contributed by atoms with E-state index in [1.54, 1.807) is 30.3 Å². The summed E-state index contributed by atoms with van der Waals surface area (Å²) in [6.45, 7) is 6.48. The van der Waals surface area contributed by atoms with Gasteiger partial charge in [0.15, 0.2) is 0 Å². The molecule has 0 aliphatic carbocycles. The van der Waals surface area contributed by atoms with Crippen LogP contribution < -0.4 is 10.6 Å². The molecule has 1 aromatic carbocycles. The van der Waals surface area contributed by atoms with Crippen LogP contribution in [0.5, 0.6) is 0 Å². The molecule has 0 saturated carbocycles. The highest BCUT2D eigenvalue weighted by Crippen LogP contribution is 2.37. The Hall–Kier alpha value is -3.55. The van der Waals surface area contributed by atoms with Crippen LogP contribution in [-0.4, -0.2) is 47.3 Å². The molecule has 3 heterocycles. The highest BCUT2D eigenvalue weighted by atomic mass is 16.3. The Labute approximate surface area is 193 Å². The number of carbonyl (C=O) groups is 3. The van der Waals surface area contributed by atoms with Gasteiger partial charge in [0.05, 0.1) is 36.7 Å². The number of benzene rings is 1. The molecule has 0 radical (unpaired) electrons. The number of rotatable bonds is 7. The van der Waals surface area contributed by atoms with Gasteiger partial charge in [-0.15, -0.1) is 0 Å². The van der Waals surface area contributed by atoms with Crippen LogP contribution in [0.4, 0.5) is 4.79 Å². The minimum Gasteiger partial charge on any atom is -0.467 e. The molecule has 2 aliphatic rings. The molecule has 33 heavy (non-hydrogen) atoms. The second-order valence-corrected chi connectivity index (χ2v) is 9.09. The van der Waals surface area contributed by atoms with Crippen LogP contribution in [0.1, 0.15) is 43.2 Å². The van der Waals surface area contributed by atoms with Gasteiger partial charge in [0, 0.05) is 7.05 Å². The van der Waals surface area contributed by atoms with Crippen molar-refractivity contribution in [1.82, 2.24) is 20.4 Å². The first-order valence-corrected chi connectivity index (χ1v) is 11.2. The van der Waals surface area contributed by atoms with Gasteiger partial charge in [-0.25, -0.2) is 4.79 Å². The second-order valence-electron chi connectivity index (χ2n) is 9.09. The average molecular weight is 451 g/mol. The number of hydrogen-bond donors (Lipinski definition) is 2. The van der Waals surface area contributed by atoms with Crippen molar-refractivity contribution in [3.8, 4) is 0 Å². The molecule has 4 amide bonds. The van der Waals surface area contributed by atoms with E-state index in [1.807, 2.05) is 45.0 Å². The number of aryl methyl sites for hydroxylation is 1. The number of likely N-dealkylation sites (N-methyl/N-ethyl adjacent to an activating group) is 1. The van der Waals surface area contributed by atoms with Gasteiger partial charge in [0.25, 0.3) is 5.91 Å². The fraction of sp³-hybridized carbons (Fsp3) is 0.400. The summed E-state index contributed by atoms with van der Waals surface area (Å²) >= 11 is 0. The van der Waals surface area contributed by atoms with E-state index in [0.29, 0.717) is 23.5 Å². The van der Waals surface area contributed by atoms with Crippen LogP contribution in [0, 0.1) is 12.8 Å². The average Bonchev–Trinajstić information content (AvgIpc) is 3.41. The summed E-state index contributed by atoms with van der Waals surface area (Å²) in [5, 5.41) is 5.85. The summed E-state index contributed by atoms with van der Waals surface area (Å²) in [6, 6.07) is 9.85. The number of urea groups is 1. The third-order valence-electron chi connectivity index (χ3n) is 6.15. The first-order valence-electron chi connectivity index (χ1n) is 11.2. The topological polar surface area (TPSA) is 94.9 Å². The van der Waals surface area contributed by atoms with Crippen LogP contribution in [0.2, 0.25) is 0 Å². The molecule has 8 nitrogen and oxygen atoms in total. The molecule has 174 valence electrons. The number of nitrogens with zero attached hydrogens (tertiary/aromatic N) is 2. The molecule has 2 aromatic rings. The maximum atomic E-state index is 13.7. The van der Waals surface area contributed by atoms with E-state index in [-0.39, 0.29) is 36.9 Å². The lowest BCUT2D eigenvalue weighted by Crippen LogP contribution is -2.49. The maximum Gasteiger partial charge on any atom is 0.322 e. The zero-order valence-electron chi connectivity index (χ0n) is 19.4. The molecule has 0 saturated heterocycles. The van der Waals surface area contributed by atoms with Gasteiger partial charge in [-0.1, -0.05) is 43.7 Å². The molecular weight excluding hydrogens is 420 g/mol. The number of amides is 4. The van der Waals surface area contributed by atoms with Crippen LogP contribution in [-0.2, 0) is 16.1 Å². The fourth-order valence-electron chi connectivity index (χ4n) is 4.47. The van der Waals surface area contributed by atoms with Crippen LogP contribution in [0.15, 0.2) is 58.3 Å². The van der Waals surface area contributed by atoms with Crippen molar-refractivity contribution in [2.24, 2.45) is 5.92 Å². The number of furan rings is 1. The SMILES string of the molecule is Cc1cccc([C@H]2NC(=O)N(C)C3=C2C(=O)N([C@H](CC(C)C)C(=O)NCc2ccco2)C3)c1. The normalized spacial score (nSPS) is 19.1. The quantitative estimate of drug-likeness (QED) is 0.678. The van der Waals surface area contributed by atoms with Crippen molar-refractivity contribution in [3.63, 3.8) is 0 Å². The number of carbonyl (C=O) groups excluding carboxylic acids is 3. The summed E-state index contributed by atoms with van der Waals surface area (Å²) in [5.41, 5.74) is 3.06. The lowest BCUT2D eigenvalue weighted by Gasteiger charge is -2.31. The minimum absolute atomic E-state index is 0.194. The van der Waals surface area contributed by atoms with Crippen LogP contribution in [0.3, 0.4) is 0 Å². The Bertz CT molecular complexity index is 1090. The Morgan fingerprint density at radius 2 is 2.03 bits per heavy atom. The Morgan fingerprint density at radius 3 is 2.70 bits per heavy atom. The molecule has 2 atom stereocenters. The first kappa shape index (κ1) is 22.6. The van der Waals surface area contributed by atoms with E-state index in [4.69, 9.17) is 4.42 Å². The van der Waals surface area contributed by atoms with Gasteiger partial charge in [-0.2, -0.15) is 0 Å². The molecule has 1 aromatic heterocycles. The Kier molecular flexibility index (Phi) is 6.26. The second kappa shape index (κ2) is 9.13. The molecule has 2 aliphatic heterocycles.